The van der Waals surface area contributed by atoms with E-state index in [-0.39, 0.29) is 5.56 Å². The molecule has 0 aliphatic carbocycles. The van der Waals surface area contributed by atoms with Gasteiger partial charge in [0.1, 0.15) is 5.69 Å². The molecule has 0 spiro atoms. The molecule has 1 aromatic heterocycles. The lowest BCUT2D eigenvalue weighted by Crippen LogP contribution is -2.20. The van der Waals surface area contributed by atoms with Gasteiger partial charge in [0.15, 0.2) is 0 Å². The van der Waals surface area contributed by atoms with Crippen LogP contribution in [-0.2, 0) is 13.5 Å². The summed E-state index contributed by atoms with van der Waals surface area (Å²) in [6.45, 7) is 2.07. The molecule has 0 bridgehead atoms. The number of hydrogen-bond donors (Lipinski definition) is 1. The fourth-order valence-corrected chi connectivity index (χ4v) is 2.06. The molecule has 4 heteroatoms. The second-order valence-corrected chi connectivity index (χ2v) is 4.09. The van der Waals surface area contributed by atoms with Crippen molar-refractivity contribution in [1.29, 1.82) is 0 Å². The summed E-state index contributed by atoms with van der Waals surface area (Å²) >= 11 is 0. The van der Waals surface area contributed by atoms with Gasteiger partial charge in [-0.25, -0.2) is 4.68 Å². The van der Waals surface area contributed by atoms with Gasteiger partial charge in [0.05, 0.1) is 11.4 Å². The molecule has 90 valence electrons. The monoisotopic (exact) mass is 231 g/mol. The molecule has 0 aliphatic heterocycles. The predicted octanol–water partition coefficient (Wildman–Crippen LogP) is 1.71. The second kappa shape index (κ2) is 4.49. The largest absolute Gasteiger partial charge is 0.393 e. The molecular formula is C13H17N3O. The Labute approximate surface area is 100 Å². The Morgan fingerprint density at radius 3 is 2.47 bits per heavy atom. The number of aromatic nitrogens is 2. The van der Waals surface area contributed by atoms with Crippen molar-refractivity contribution < 1.29 is 0 Å². The van der Waals surface area contributed by atoms with Crippen LogP contribution in [0.15, 0.2) is 35.1 Å². The lowest BCUT2D eigenvalue weighted by atomic mass is 10.2. The van der Waals surface area contributed by atoms with E-state index in [4.69, 9.17) is 5.73 Å². The van der Waals surface area contributed by atoms with Crippen molar-refractivity contribution in [1.82, 2.24) is 9.36 Å². The van der Waals surface area contributed by atoms with Crippen LogP contribution in [0.4, 0.5) is 5.69 Å². The van der Waals surface area contributed by atoms with Crippen LogP contribution in [-0.4, -0.2) is 9.36 Å². The van der Waals surface area contributed by atoms with Gasteiger partial charge in [-0.2, -0.15) is 0 Å². The van der Waals surface area contributed by atoms with Crippen LogP contribution in [0.2, 0.25) is 0 Å². The highest BCUT2D eigenvalue weighted by Gasteiger charge is 2.15. The molecule has 0 unspecified atom stereocenters. The van der Waals surface area contributed by atoms with Crippen LogP contribution < -0.4 is 11.3 Å². The average molecular weight is 231 g/mol. The summed E-state index contributed by atoms with van der Waals surface area (Å²) in [7, 11) is 1.87. The van der Waals surface area contributed by atoms with Crippen molar-refractivity contribution in [2.45, 2.75) is 19.8 Å². The quantitative estimate of drug-likeness (QED) is 0.874. The summed E-state index contributed by atoms with van der Waals surface area (Å²) in [6.07, 6.45) is 1.79. The van der Waals surface area contributed by atoms with E-state index >= 15 is 0 Å². The van der Waals surface area contributed by atoms with E-state index in [1.807, 2.05) is 42.1 Å². The Bertz CT molecular complexity index is 566. The first-order valence-electron chi connectivity index (χ1n) is 5.78. The van der Waals surface area contributed by atoms with Gasteiger partial charge in [-0.15, -0.1) is 0 Å². The lowest BCUT2D eigenvalue weighted by molar-refractivity contribution is 0.610. The third-order valence-electron chi connectivity index (χ3n) is 2.91. The summed E-state index contributed by atoms with van der Waals surface area (Å²) in [4.78, 5) is 12.1. The zero-order valence-electron chi connectivity index (χ0n) is 10.2. The molecule has 0 fully saturated rings. The summed E-state index contributed by atoms with van der Waals surface area (Å²) in [5.74, 6) is 0. The zero-order valence-corrected chi connectivity index (χ0v) is 10.2. The van der Waals surface area contributed by atoms with Gasteiger partial charge in [-0.3, -0.25) is 9.48 Å². The minimum Gasteiger partial charge on any atom is -0.393 e. The lowest BCUT2D eigenvalue weighted by Gasteiger charge is -2.09. The van der Waals surface area contributed by atoms with Gasteiger partial charge >= 0.3 is 0 Å². The Hall–Kier alpha value is -1.97. The van der Waals surface area contributed by atoms with E-state index in [0.717, 1.165) is 24.2 Å². The van der Waals surface area contributed by atoms with Crippen molar-refractivity contribution in [3.63, 3.8) is 0 Å². The van der Waals surface area contributed by atoms with E-state index in [0.29, 0.717) is 5.69 Å². The van der Waals surface area contributed by atoms with Crippen molar-refractivity contribution >= 4 is 5.69 Å². The maximum absolute atomic E-state index is 12.1. The average Bonchev–Trinajstić information content (AvgIpc) is 2.55. The highest BCUT2D eigenvalue weighted by Crippen LogP contribution is 2.13. The highest BCUT2D eigenvalue weighted by atomic mass is 16.1. The van der Waals surface area contributed by atoms with Crippen LogP contribution in [0, 0.1) is 0 Å². The smallest absolute Gasteiger partial charge is 0.294 e. The van der Waals surface area contributed by atoms with Gasteiger partial charge < -0.3 is 5.73 Å². The summed E-state index contributed by atoms with van der Waals surface area (Å²) < 4.78 is 3.46. The first-order valence-corrected chi connectivity index (χ1v) is 5.78. The maximum atomic E-state index is 12.1. The molecular weight excluding hydrogens is 214 g/mol. The Morgan fingerprint density at radius 2 is 1.88 bits per heavy atom. The molecule has 0 amide bonds. The standard InChI is InChI=1S/C13H17N3O/c1-3-7-11-12(14)13(17)16(15(11)2)10-8-5-4-6-9-10/h4-6,8-9H,3,7,14H2,1-2H3. The topological polar surface area (TPSA) is 53.0 Å². The summed E-state index contributed by atoms with van der Waals surface area (Å²) in [5, 5.41) is 0. The Morgan fingerprint density at radius 1 is 1.24 bits per heavy atom. The number of rotatable bonds is 3. The van der Waals surface area contributed by atoms with E-state index in [2.05, 4.69) is 6.92 Å². The van der Waals surface area contributed by atoms with Gasteiger partial charge in [0, 0.05) is 7.05 Å². The molecule has 17 heavy (non-hydrogen) atoms. The van der Waals surface area contributed by atoms with Gasteiger partial charge in [0.25, 0.3) is 5.56 Å². The zero-order chi connectivity index (χ0) is 12.4. The molecule has 0 radical (unpaired) electrons. The molecule has 1 aromatic carbocycles. The van der Waals surface area contributed by atoms with Gasteiger partial charge in [-0.05, 0) is 18.6 Å². The first kappa shape index (κ1) is 11.5. The van der Waals surface area contributed by atoms with Crippen molar-refractivity contribution in [2.75, 3.05) is 5.73 Å². The van der Waals surface area contributed by atoms with Crippen molar-refractivity contribution in [2.24, 2.45) is 7.05 Å². The minimum absolute atomic E-state index is 0.137. The molecule has 4 nitrogen and oxygen atoms in total. The van der Waals surface area contributed by atoms with Gasteiger partial charge in [0.2, 0.25) is 0 Å². The van der Waals surface area contributed by atoms with Crippen LogP contribution in [0.1, 0.15) is 19.0 Å². The molecule has 0 atom stereocenters. The van der Waals surface area contributed by atoms with Crippen LogP contribution in [0.5, 0.6) is 0 Å². The van der Waals surface area contributed by atoms with E-state index in [1.165, 1.54) is 0 Å². The fraction of sp³-hybridized carbons (Fsp3) is 0.308. The number of benzene rings is 1. The van der Waals surface area contributed by atoms with Crippen LogP contribution >= 0.6 is 0 Å². The first-order chi connectivity index (χ1) is 8.16. The molecule has 0 saturated heterocycles. The number of para-hydroxylation sites is 1. The summed E-state index contributed by atoms with van der Waals surface area (Å²) in [5.41, 5.74) is 7.84. The predicted molar refractivity (Wildman–Crippen MR) is 69.4 cm³/mol. The van der Waals surface area contributed by atoms with Crippen LogP contribution in [0.3, 0.4) is 0 Å². The number of nitrogen functional groups attached to an aromatic ring is 1. The SMILES string of the molecule is CCCc1c(N)c(=O)n(-c2ccccc2)n1C. The van der Waals surface area contributed by atoms with Gasteiger partial charge in [-0.1, -0.05) is 31.5 Å². The Kier molecular flexibility index (Phi) is 3.04. The van der Waals surface area contributed by atoms with E-state index < -0.39 is 0 Å². The van der Waals surface area contributed by atoms with Crippen molar-refractivity contribution in [3.05, 3.63) is 46.4 Å². The number of anilines is 1. The minimum atomic E-state index is -0.137. The molecule has 2 N–H and O–H groups in total. The third-order valence-corrected chi connectivity index (χ3v) is 2.91. The number of nitrogens with zero attached hydrogens (tertiary/aromatic N) is 2. The number of nitrogens with two attached hydrogens (primary N) is 1. The molecule has 1 heterocycles. The maximum Gasteiger partial charge on any atom is 0.294 e. The number of hydrogen-bond acceptors (Lipinski definition) is 2. The molecule has 2 aromatic rings. The second-order valence-electron chi connectivity index (χ2n) is 4.09. The summed E-state index contributed by atoms with van der Waals surface area (Å²) in [6, 6.07) is 9.54. The third kappa shape index (κ3) is 1.86. The Balaban J connectivity index is 2.64. The highest BCUT2D eigenvalue weighted by molar-refractivity contribution is 5.45. The van der Waals surface area contributed by atoms with Crippen LogP contribution in [0.25, 0.3) is 5.69 Å². The molecule has 0 aliphatic rings. The van der Waals surface area contributed by atoms with E-state index in [9.17, 15) is 4.79 Å². The van der Waals surface area contributed by atoms with Crippen molar-refractivity contribution in [3.8, 4) is 5.69 Å². The molecule has 2 rings (SSSR count). The fourth-order valence-electron chi connectivity index (χ4n) is 2.06. The molecule has 0 saturated carbocycles. The van der Waals surface area contributed by atoms with E-state index in [1.54, 1.807) is 4.68 Å². The normalized spacial score (nSPS) is 10.7.